The van der Waals surface area contributed by atoms with Crippen molar-refractivity contribution in [2.45, 2.75) is 12.8 Å². The Morgan fingerprint density at radius 3 is 2.30 bits per heavy atom. The molecule has 1 atom stereocenters. The molecule has 5 rings (SSSR count). The van der Waals surface area contributed by atoms with Crippen molar-refractivity contribution in [2.24, 2.45) is 5.92 Å². The molecule has 0 aromatic heterocycles. The first-order chi connectivity index (χ1) is 13.4. The van der Waals surface area contributed by atoms with E-state index in [-0.39, 0.29) is 0 Å². The number of nitrogens with one attached hydrogen (secondary N) is 1. The number of hydrogen-bond acceptors (Lipinski definition) is 1. The zero-order chi connectivity index (χ0) is 18.1. The third-order valence-electron chi connectivity index (χ3n) is 5.64. The number of hydrogen-bond donors (Lipinski definition) is 1. The lowest BCUT2D eigenvalue weighted by molar-refractivity contribution is 0.797. The highest BCUT2D eigenvalue weighted by Gasteiger charge is 2.31. The second kappa shape index (κ2) is 6.92. The fourth-order valence-corrected chi connectivity index (χ4v) is 4.43. The van der Waals surface area contributed by atoms with Crippen molar-refractivity contribution in [1.82, 2.24) is 5.32 Å². The lowest BCUT2D eigenvalue weighted by Gasteiger charge is -2.33. The molecule has 0 saturated carbocycles. The first-order valence-corrected chi connectivity index (χ1v) is 9.80. The fourth-order valence-electron chi connectivity index (χ4n) is 4.43. The molecule has 1 unspecified atom stereocenters. The Morgan fingerprint density at radius 1 is 0.852 bits per heavy atom. The van der Waals surface area contributed by atoms with Gasteiger partial charge >= 0.3 is 0 Å². The summed E-state index contributed by atoms with van der Waals surface area (Å²) in [6, 6.07) is 21.8. The molecule has 2 aromatic carbocycles. The summed E-state index contributed by atoms with van der Waals surface area (Å²) in [6.07, 6.45) is 13.7. The second-order valence-electron chi connectivity index (χ2n) is 7.30. The molecular weight excluding hydrogens is 326 g/mol. The molecule has 0 amide bonds. The van der Waals surface area contributed by atoms with E-state index >= 15 is 0 Å². The second-order valence-corrected chi connectivity index (χ2v) is 7.30. The van der Waals surface area contributed by atoms with Gasteiger partial charge in [0.15, 0.2) is 0 Å². The average molecular weight is 349 g/mol. The molecule has 3 aliphatic rings. The summed E-state index contributed by atoms with van der Waals surface area (Å²) in [5, 5.41) is 3.61. The Hall–Kier alpha value is -3.06. The van der Waals surface area contributed by atoms with E-state index in [1.165, 1.54) is 39.1 Å². The van der Waals surface area contributed by atoms with Crippen molar-refractivity contribution in [3.63, 3.8) is 0 Å². The maximum absolute atomic E-state index is 3.61. The zero-order valence-electron chi connectivity index (χ0n) is 15.4. The molecule has 1 N–H and O–H groups in total. The van der Waals surface area contributed by atoms with E-state index < -0.39 is 0 Å². The van der Waals surface area contributed by atoms with Gasteiger partial charge in [0.2, 0.25) is 0 Å². The largest absolute Gasteiger partial charge is 0.384 e. The van der Waals surface area contributed by atoms with Crippen LogP contribution < -0.4 is 5.32 Å². The van der Waals surface area contributed by atoms with E-state index in [0.717, 1.165) is 19.4 Å². The van der Waals surface area contributed by atoms with E-state index in [1.54, 1.807) is 0 Å². The molecule has 27 heavy (non-hydrogen) atoms. The number of allylic oxidation sites excluding steroid dienone is 7. The fraction of sp³-hybridized carbons (Fsp3) is 0.154. The number of benzene rings is 2. The third-order valence-corrected chi connectivity index (χ3v) is 5.64. The van der Waals surface area contributed by atoms with Crippen LogP contribution >= 0.6 is 0 Å². The highest BCUT2D eigenvalue weighted by atomic mass is 14.9. The summed E-state index contributed by atoms with van der Waals surface area (Å²) in [4.78, 5) is 0. The van der Waals surface area contributed by atoms with Gasteiger partial charge in [-0.3, -0.25) is 0 Å². The standard InChI is InChI=1S/C26H23N/c1-3-10-19(11-4-1)25-22-15-8-7-14-21(22)18-23(24-16-9-17-27-24)26(25)20-12-5-2-6-13-20/h1-8,10-14,16,18,22,27H,9,15,17H2. The molecular formula is C26H23N. The van der Waals surface area contributed by atoms with Crippen molar-refractivity contribution in [2.75, 3.05) is 6.54 Å². The van der Waals surface area contributed by atoms with Crippen LogP contribution in [-0.4, -0.2) is 6.54 Å². The highest BCUT2D eigenvalue weighted by molar-refractivity contribution is 6.04. The van der Waals surface area contributed by atoms with Crippen molar-refractivity contribution in [3.05, 3.63) is 119 Å². The monoisotopic (exact) mass is 349 g/mol. The van der Waals surface area contributed by atoms with Gasteiger partial charge in [-0.2, -0.15) is 0 Å². The van der Waals surface area contributed by atoms with Crippen LogP contribution in [-0.2, 0) is 0 Å². The van der Waals surface area contributed by atoms with E-state index in [4.69, 9.17) is 0 Å². The molecule has 1 aliphatic heterocycles. The van der Waals surface area contributed by atoms with Crippen LogP contribution in [0.3, 0.4) is 0 Å². The van der Waals surface area contributed by atoms with E-state index in [2.05, 4.69) is 96.4 Å². The molecule has 0 radical (unpaired) electrons. The molecule has 0 saturated heterocycles. The van der Waals surface area contributed by atoms with E-state index in [1.807, 2.05) is 0 Å². The summed E-state index contributed by atoms with van der Waals surface area (Å²) < 4.78 is 0. The third kappa shape index (κ3) is 2.90. The molecule has 2 aliphatic carbocycles. The van der Waals surface area contributed by atoms with Crippen LogP contribution in [0.4, 0.5) is 0 Å². The first kappa shape index (κ1) is 16.1. The molecule has 1 heterocycles. The van der Waals surface area contributed by atoms with Crippen molar-refractivity contribution in [1.29, 1.82) is 0 Å². The topological polar surface area (TPSA) is 12.0 Å². The Balaban J connectivity index is 1.81. The van der Waals surface area contributed by atoms with Gasteiger partial charge in [-0.05, 0) is 46.8 Å². The predicted molar refractivity (Wildman–Crippen MR) is 114 cm³/mol. The zero-order valence-corrected chi connectivity index (χ0v) is 15.4. The number of fused-ring (bicyclic) bond motifs is 1. The molecule has 132 valence electrons. The van der Waals surface area contributed by atoms with E-state index in [0.29, 0.717) is 5.92 Å². The van der Waals surface area contributed by atoms with Crippen LogP contribution in [0.1, 0.15) is 24.0 Å². The van der Waals surface area contributed by atoms with Crippen LogP contribution in [0, 0.1) is 5.92 Å². The van der Waals surface area contributed by atoms with Crippen LogP contribution in [0.5, 0.6) is 0 Å². The van der Waals surface area contributed by atoms with Gasteiger partial charge in [0.05, 0.1) is 0 Å². The minimum Gasteiger partial charge on any atom is -0.384 e. The molecule has 0 spiro atoms. The summed E-state index contributed by atoms with van der Waals surface area (Å²) in [7, 11) is 0. The van der Waals surface area contributed by atoms with Crippen LogP contribution in [0.15, 0.2) is 108 Å². The van der Waals surface area contributed by atoms with Gasteiger partial charge in [-0.25, -0.2) is 0 Å². The Morgan fingerprint density at radius 2 is 1.59 bits per heavy atom. The molecule has 1 heteroatoms. The summed E-state index contributed by atoms with van der Waals surface area (Å²) in [5.74, 6) is 0.415. The van der Waals surface area contributed by atoms with Gasteiger partial charge < -0.3 is 5.32 Å². The Bertz CT molecular complexity index is 1000. The summed E-state index contributed by atoms with van der Waals surface area (Å²) in [6.45, 7) is 1.03. The van der Waals surface area contributed by atoms with E-state index in [9.17, 15) is 0 Å². The Labute approximate surface area is 161 Å². The minimum absolute atomic E-state index is 0.415. The maximum atomic E-state index is 3.61. The predicted octanol–water partition coefficient (Wildman–Crippen LogP) is 5.92. The van der Waals surface area contributed by atoms with Crippen LogP contribution in [0.25, 0.3) is 11.1 Å². The van der Waals surface area contributed by atoms with Gasteiger partial charge in [0.25, 0.3) is 0 Å². The molecule has 0 bridgehead atoms. The van der Waals surface area contributed by atoms with Gasteiger partial charge in [-0.1, -0.05) is 85.0 Å². The smallest absolute Gasteiger partial charge is 0.0380 e. The van der Waals surface area contributed by atoms with Crippen LogP contribution in [0.2, 0.25) is 0 Å². The minimum atomic E-state index is 0.415. The quantitative estimate of drug-likeness (QED) is 0.725. The lowest BCUT2D eigenvalue weighted by Crippen LogP contribution is -2.19. The maximum Gasteiger partial charge on any atom is 0.0380 e. The average Bonchev–Trinajstić information content (AvgIpc) is 3.28. The van der Waals surface area contributed by atoms with Gasteiger partial charge in [0, 0.05) is 23.7 Å². The summed E-state index contributed by atoms with van der Waals surface area (Å²) in [5.41, 5.74) is 9.47. The normalized spacial score (nSPS) is 21.2. The van der Waals surface area contributed by atoms with Gasteiger partial charge in [0.1, 0.15) is 0 Å². The van der Waals surface area contributed by atoms with Crippen molar-refractivity contribution in [3.8, 4) is 0 Å². The molecule has 1 nitrogen and oxygen atoms in total. The lowest BCUT2D eigenvalue weighted by atomic mass is 9.71. The van der Waals surface area contributed by atoms with Gasteiger partial charge in [-0.15, -0.1) is 0 Å². The van der Waals surface area contributed by atoms with Crippen molar-refractivity contribution >= 4 is 11.1 Å². The molecule has 0 fully saturated rings. The SMILES string of the molecule is C1=CCC2C(=C1)C=C(C1=CCCN1)C(c1ccccc1)=C2c1ccccc1. The Kier molecular flexibility index (Phi) is 4.14. The molecule has 2 aromatic rings. The summed E-state index contributed by atoms with van der Waals surface area (Å²) >= 11 is 0. The number of rotatable bonds is 3. The first-order valence-electron chi connectivity index (χ1n) is 9.80. The van der Waals surface area contributed by atoms with Crippen molar-refractivity contribution < 1.29 is 0 Å². The highest BCUT2D eigenvalue weighted by Crippen LogP contribution is 2.48.